The standard InChI is InChI=1S/C18H19N5O/c1-12-19-9-10-23(12)16-8-3-2-5-13(16)11-20-18(24)17-14-6-4-7-15(14)21-22-17/h2-3,5,8-10H,4,6-7,11H2,1H3,(H,20,24)(H,21,22). The molecule has 0 saturated carbocycles. The number of H-pyrrole nitrogens is 1. The van der Waals surface area contributed by atoms with Gasteiger partial charge < -0.3 is 9.88 Å². The minimum absolute atomic E-state index is 0.119. The van der Waals surface area contributed by atoms with Gasteiger partial charge in [-0.25, -0.2) is 4.98 Å². The third-order valence-corrected chi connectivity index (χ3v) is 4.54. The van der Waals surface area contributed by atoms with Crippen LogP contribution in [0.15, 0.2) is 36.7 Å². The molecule has 0 saturated heterocycles. The summed E-state index contributed by atoms with van der Waals surface area (Å²) in [6, 6.07) is 8.01. The van der Waals surface area contributed by atoms with E-state index in [1.807, 2.05) is 42.0 Å². The van der Waals surface area contributed by atoms with E-state index in [-0.39, 0.29) is 5.91 Å². The first-order chi connectivity index (χ1) is 11.7. The predicted octanol–water partition coefficient (Wildman–Crippen LogP) is 2.32. The number of aromatic amines is 1. The number of fused-ring (bicyclic) bond motifs is 1. The Labute approximate surface area is 139 Å². The first kappa shape index (κ1) is 14.7. The molecular formula is C18H19N5O. The Morgan fingerprint density at radius 3 is 3.04 bits per heavy atom. The van der Waals surface area contributed by atoms with E-state index in [0.717, 1.165) is 47.6 Å². The Bertz CT molecular complexity index is 892. The van der Waals surface area contributed by atoms with Crippen molar-refractivity contribution in [2.24, 2.45) is 0 Å². The van der Waals surface area contributed by atoms with Crippen LogP contribution in [0.25, 0.3) is 5.69 Å². The number of hydrogen-bond donors (Lipinski definition) is 2. The molecule has 2 aromatic heterocycles. The number of amides is 1. The molecule has 4 rings (SSSR count). The third kappa shape index (κ3) is 2.50. The molecule has 0 fully saturated rings. The maximum atomic E-state index is 12.5. The second-order valence-corrected chi connectivity index (χ2v) is 6.04. The van der Waals surface area contributed by atoms with Crippen molar-refractivity contribution in [1.29, 1.82) is 0 Å². The summed E-state index contributed by atoms with van der Waals surface area (Å²) in [6.45, 7) is 2.41. The predicted molar refractivity (Wildman–Crippen MR) is 90.1 cm³/mol. The van der Waals surface area contributed by atoms with Crippen LogP contribution in [0.4, 0.5) is 0 Å². The molecule has 6 nitrogen and oxygen atoms in total. The van der Waals surface area contributed by atoms with Crippen LogP contribution in [0.5, 0.6) is 0 Å². The number of imidazole rings is 1. The van der Waals surface area contributed by atoms with E-state index in [1.54, 1.807) is 6.20 Å². The number of nitrogens with one attached hydrogen (secondary N) is 2. The molecular weight excluding hydrogens is 302 g/mol. The number of nitrogens with zero attached hydrogens (tertiary/aromatic N) is 3. The van der Waals surface area contributed by atoms with Crippen molar-refractivity contribution < 1.29 is 4.79 Å². The normalized spacial score (nSPS) is 13.0. The number of carbonyl (C=O) groups is 1. The molecule has 24 heavy (non-hydrogen) atoms. The topological polar surface area (TPSA) is 75.6 Å². The fourth-order valence-corrected chi connectivity index (χ4v) is 3.29. The van der Waals surface area contributed by atoms with Crippen LogP contribution in [0.3, 0.4) is 0 Å². The molecule has 1 aliphatic carbocycles. The van der Waals surface area contributed by atoms with Crippen molar-refractivity contribution in [3.63, 3.8) is 0 Å². The van der Waals surface area contributed by atoms with Gasteiger partial charge in [0.05, 0.1) is 5.69 Å². The van der Waals surface area contributed by atoms with E-state index in [0.29, 0.717) is 12.2 Å². The van der Waals surface area contributed by atoms with Gasteiger partial charge in [-0.15, -0.1) is 0 Å². The van der Waals surface area contributed by atoms with Crippen molar-refractivity contribution in [3.8, 4) is 5.69 Å². The quantitative estimate of drug-likeness (QED) is 0.774. The van der Waals surface area contributed by atoms with Crippen LogP contribution in [0.1, 0.15) is 39.6 Å². The Morgan fingerprint density at radius 2 is 2.21 bits per heavy atom. The molecule has 122 valence electrons. The van der Waals surface area contributed by atoms with Crippen LogP contribution >= 0.6 is 0 Å². The summed E-state index contributed by atoms with van der Waals surface area (Å²) < 4.78 is 2.02. The van der Waals surface area contributed by atoms with Crippen LogP contribution in [-0.4, -0.2) is 25.7 Å². The second-order valence-electron chi connectivity index (χ2n) is 6.04. The molecule has 0 atom stereocenters. The minimum atomic E-state index is -0.119. The summed E-state index contributed by atoms with van der Waals surface area (Å²) in [5.74, 6) is 0.797. The first-order valence-electron chi connectivity index (χ1n) is 8.16. The fraction of sp³-hybridized carbons (Fsp3) is 0.278. The van der Waals surface area contributed by atoms with Crippen LogP contribution in [-0.2, 0) is 19.4 Å². The van der Waals surface area contributed by atoms with Crippen molar-refractivity contribution in [2.75, 3.05) is 0 Å². The summed E-state index contributed by atoms with van der Waals surface area (Å²) in [5.41, 5.74) is 4.79. The average Bonchev–Trinajstić information content (AvgIpc) is 3.29. The Kier molecular flexibility index (Phi) is 3.65. The highest BCUT2D eigenvalue weighted by Gasteiger charge is 2.22. The zero-order valence-electron chi connectivity index (χ0n) is 13.5. The molecule has 1 amide bonds. The van der Waals surface area contributed by atoms with E-state index in [4.69, 9.17) is 0 Å². The van der Waals surface area contributed by atoms with E-state index >= 15 is 0 Å². The fourth-order valence-electron chi connectivity index (χ4n) is 3.29. The highest BCUT2D eigenvalue weighted by molar-refractivity contribution is 5.94. The molecule has 0 spiro atoms. The van der Waals surface area contributed by atoms with Gasteiger partial charge in [0, 0.05) is 30.2 Å². The number of carbonyl (C=O) groups excluding carboxylic acids is 1. The van der Waals surface area contributed by atoms with Crippen molar-refractivity contribution >= 4 is 5.91 Å². The summed E-state index contributed by atoms with van der Waals surface area (Å²) in [6.07, 6.45) is 6.71. The molecule has 2 N–H and O–H groups in total. The highest BCUT2D eigenvalue weighted by Crippen LogP contribution is 2.23. The van der Waals surface area contributed by atoms with E-state index in [9.17, 15) is 4.79 Å². The van der Waals surface area contributed by atoms with E-state index < -0.39 is 0 Å². The molecule has 0 aliphatic heterocycles. The average molecular weight is 321 g/mol. The Balaban J connectivity index is 1.54. The SMILES string of the molecule is Cc1nccn1-c1ccccc1CNC(=O)c1n[nH]c2c1CCC2. The largest absolute Gasteiger partial charge is 0.346 e. The molecule has 0 radical (unpaired) electrons. The lowest BCUT2D eigenvalue weighted by Crippen LogP contribution is -2.25. The molecule has 2 heterocycles. The van der Waals surface area contributed by atoms with Gasteiger partial charge in [-0.05, 0) is 37.8 Å². The van der Waals surface area contributed by atoms with Crippen LogP contribution in [0, 0.1) is 6.92 Å². The number of hydrogen-bond acceptors (Lipinski definition) is 3. The zero-order valence-corrected chi connectivity index (χ0v) is 13.5. The molecule has 6 heteroatoms. The molecule has 0 bridgehead atoms. The lowest BCUT2D eigenvalue weighted by atomic mass is 10.1. The van der Waals surface area contributed by atoms with Gasteiger partial charge in [0.2, 0.25) is 0 Å². The number of rotatable bonds is 4. The summed E-state index contributed by atoms with van der Waals surface area (Å²) >= 11 is 0. The lowest BCUT2D eigenvalue weighted by molar-refractivity contribution is 0.0945. The smallest absolute Gasteiger partial charge is 0.272 e. The minimum Gasteiger partial charge on any atom is -0.346 e. The second kappa shape index (κ2) is 5.96. The third-order valence-electron chi connectivity index (χ3n) is 4.54. The van der Waals surface area contributed by atoms with Gasteiger partial charge in [-0.1, -0.05) is 18.2 Å². The van der Waals surface area contributed by atoms with Gasteiger partial charge in [-0.2, -0.15) is 5.10 Å². The molecule has 1 aliphatic rings. The molecule has 3 aromatic rings. The Hall–Kier alpha value is -2.89. The molecule has 1 aromatic carbocycles. The summed E-state index contributed by atoms with van der Waals surface area (Å²) in [7, 11) is 0. The van der Waals surface area contributed by atoms with Gasteiger partial charge in [-0.3, -0.25) is 9.89 Å². The Morgan fingerprint density at radius 1 is 1.33 bits per heavy atom. The van der Waals surface area contributed by atoms with Crippen LogP contribution < -0.4 is 5.32 Å². The van der Waals surface area contributed by atoms with Gasteiger partial charge in [0.25, 0.3) is 5.91 Å². The molecule has 0 unspecified atom stereocenters. The lowest BCUT2D eigenvalue weighted by Gasteiger charge is -2.12. The zero-order chi connectivity index (χ0) is 16.5. The maximum absolute atomic E-state index is 12.5. The number of para-hydroxylation sites is 1. The van der Waals surface area contributed by atoms with Gasteiger partial charge in [0.15, 0.2) is 5.69 Å². The van der Waals surface area contributed by atoms with E-state index in [1.165, 1.54) is 0 Å². The summed E-state index contributed by atoms with van der Waals surface area (Å²) in [4.78, 5) is 16.8. The van der Waals surface area contributed by atoms with Gasteiger partial charge in [0.1, 0.15) is 5.82 Å². The van der Waals surface area contributed by atoms with Crippen molar-refractivity contribution in [1.82, 2.24) is 25.1 Å². The highest BCUT2D eigenvalue weighted by atomic mass is 16.1. The van der Waals surface area contributed by atoms with Crippen molar-refractivity contribution in [2.45, 2.75) is 32.7 Å². The number of aryl methyl sites for hydroxylation is 2. The van der Waals surface area contributed by atoms with Crippen molar-refractivity contribution in [3.05, 3.63) is 65.0 Å². The maximum Gasteiger partial charge on any atom is 0.272 e. The van der Waals surface area contributed by atoms with Gasteiger partial charge >= 0.3 is 0 Å². The first-order valence-corrected chi connectivity index (χ1v) is 8.16. The number of aromatic nitrogens is 4. The summed E-state index contributed by atoms with van der Waals surface area (Å²) in [5, 5.41) is 10.2. The number of benzene rings is 1. The van der Waals surface area contributed by atoms with Crippen LogP contribution in [0.2, 0.25) is 0 Å². The monoisotopic (exact) mass is 321 g/mol. The van der Waals surface area contributed by atoms with E-state index in [2.05, 4.69) is 20.5 Å².